The number of rotatable bonds is 4. The van der Waals surface area contributed by atoms with Crippen molar-refractivity contribution < 1.29 is 14.3 Å². The van der Waals surface area contributed by atoms with Gasteiger partial charge < -0.3 is 9.64 Å². The highest BCUT2D eigenvalue weighted by Crippen LogP contribution is 2.32. The summed E-state index contributed by atoms with van der Waals surface area (Å²) in [5.74, 6) is -0.0913. The lowest BCUT2D eigenvalue weighted by Crippen LogP contribution is -2.43. The fraction of sp³-hybridized carbons (Fsp3) is 0.333. The van der Waals surface area contributed by atoms with Gasteiger partial charge in [-0.15, -0.1) is 0 Å². The maximum Gasteiger partial charge on any atom is 0.415 e. The summed E-state index contributed by atoms with van der Waals surface area (Å²) >= 11 is 0. The van der Waals surface area contributed by atoms with E-state index in [-0.39, 0.29) is 5.78 Å². The van der Waals surface area contributed by atoms with E-state index in [1.165, 1.54) is 4.90 Å². The zero-order valence-corrected chi connectivity index (χ0v) is 17.7. The Balaban J connectivity index is 1.96. The number of ketones is 1. The molecule has 1 atom stereocenters. The first-order chi connectivity index (χ1) is 13.7. The molecule has 1 heterocycles. The van der Waals surface area contributed by atoms with Crippen molar-refractivity contribution in [1.29, 1.82) is 0 Å². The van der Waals surface area contributed by atoms with Crippen LogP contribution in [0, 0.1) is 0 Å². The van der Waals surface area contributed by atoms with Crippen molar-refractivity contribution in [3.63, 3.8) is 0 Å². The third-order valence-electron chi connectivity index (χ3n) is 4.72. The molecule has 0 unspecified atom stereocenters. The molecule has 0 spiro atoms. The van der Waals surface area contributed by atoms with Crippen LogP contribution in [0.4, 0.5) is 10.5 Å². The normalized spacial score (nSPS) is 16.6. The van der Waals surface area contributed by atoms with Crippen LogP contribution in [0.3, 0.4) is 0 Å². The second-order valence-electron chi connectivity index (χ2n) is 8.43. The Morgan fingerprint density at radius 3 is 2.21 bits per heavy atom. The van der Waals surface area contributed by atoms with E-state index in [4.69, 9.17) is 4.74 Å². The molecule has 5 nitrogen and oxygen atoms in total. The summed E-state index contributed by atoms with van der Waals surface area (Å²) in [6, 6.07) is 16.9. The second-order valence-corrected chi connectivity index (χ2v) is 8.43. The molecule has 29 heavy (non-hydrogen) atoms. The van der Waals surface area contributed by atoms with Gasteiger partial charge in [0, 0.05) is 32.3 Å². The van der Waals surface area contributed by atoms with Gasteiger partial charge in [-0.1, -0.05) is 42.5 Å². The number of carbonyl (C=O) groups is 2. The number of anilines is 1. The Bertz CT molecular complexity index is 909. The van der Waals surface area contributed by atoms with Crippen LogP contribution < -0.4 is 4.90 Å². The van der Waals surface area contributed by atoms with Gasteiger partial charge in [-0.3, -0.25) is 9.69 Å². The summed E-state index contributed by atoms with van der Waals surface area (Å²) in [5, 5.41) is 0. The van der Waals surface area contributed by atoms with Gasteiger partial charge in [0.05, 0.1) is 5.70 Å². The molecule has 5 heteroatoms. The van der Waals surface area contributed by atoms with Crippen molar-refractivity contribution in [3.05, 3.63) is 71.8 Å². The van der Waals surface area contributed by atoms with Crippen LogP contribution in [0.2, 0.25) is 0 Å². The van der Waals surface area contributed by atoms with Crippen molar-refractivity contribution in [2.24, 2.45) is 0 Å². The van der Waals surface area contributed by atoms with Crippen molar-refractivity contribution in [1.82, 2.24) is 4.90 Å². The van der Waals surface area contributed by atoms with Gasteiger partial charge in [0.1, 0.15) is 11.6 Å². The van der Waals surface area contributed by atoms with Crippen molar-refractivity contribution >= 4 is 23.3 Å². The van der Waals surface area contributed by atoms with E-state index in [0.29, 0.717) is 12.1 Å². The number of nitrogens with zero attached hydrogens (tertiary/aromatic N) is 2. The zero-order valence-electron chi connectivity index (χ0n) is 17.7. The van der Waals surface area contributed by atoms with E-state index < -0.39 is 17.7 Å². The van der Waals surface area contributed by atoms with Gasteiger partial charge in [0.15, 0.2) is 5.78 Å². The van der Waals surface area contributed by atoms with Crippen molar-refractivity contribution in [3.8, 4) is 0 Å². The number of hydrogen-bond acceptors (Lipinski definition) is 4. The summed E-state index contributed by atoms with van der Waals surface area (Å²) in [6.45, 7) is 5.47. The van der Waals surface area contributed by atoms with Crippen LogP contribution in [0.1, 0.15) is 31.9 Å². The molecule has 0 N–H and O–H groups in total. The lowest BCUT2D eigenvalue weighted by Gasteiger charge is -2.30. The molecule has 152 valence electrons. The lowest BCUT2D eigenvalue weighted by molar-refractivity contribution is -0.117. The van der Waals surface area contributed by atoms with Gasteiger partial charge in [-0.2, -0.15) is 0 Å². The Labute approximate surface area is 172 Å². The maximum absolute atomic E-state index is 13.1. The molecular formula is C24H28N2O3. The highest BCUT2D eigenvalue weighted by molar-refractivity contribution is 6.09. The first-order valence-corrected chi connectivity index (χ1v) is 9.75. The molecule has 1 aliphatic rings. The fourth-order valence-electron chi connectivity index (χ4n) is 3.31. The van der Waals surface area contributed by atoms with Gasteiger partial charge in [-0.05, 0) is 44.0 Å². The third kappa shape index (κ3) is 4.86. The van der Waals surface area contributed by atoms with Crippen LogP contribution in [-0.4, -0.2) is 42.5 Å². The summed E-state index contributed by atoms with van der Waals surface area (Å²) in [6.07, 6.45) is 1.49. The third-order valence-corrected chi connectivity index (χ3v) is 4.72. The van der Waals surface area contributed by atoms with E-state index in [0.717, 1.165) is 16.8 Å². The predicted octanol–water partition coefficient (Wildman–Crippen LogP) is 4.52. The molecule has 0 radical (unpaired) electrons. The zero-order chi connectivity index (χ0) is 21.2. The monoisotopic (exact) mass is 392 g/mol. The van der Waals surface area contributed by atoms with Crippen LogP contribution in [-0.2, 0) is 16.0 Å². The van der Waals surface area contributed by atoms with Gasteiger partial charge >= 0.3 is 6.09 Å². The highest BCUT2D eigenvalue weighted by atomic mass is 16.6. The van der Waals surface area contributed by atoms with Crippen LogP contribution >= 0.6 is 0 Å². The Morgan fingerprint density at radius 2 is 1.66 bits per heavy atom. The van der Waals surface area contributed by atoms with E-state index in [2.05, 4.69) is 0 Å². The molecule has 1 aliphatic heterocycles. The second kappa shape index (κ2) is 8.11. The molecule has 0 aromatic heterocycles. The topological polar surface area (TPSA) is 49.9 Å². The number of ether oxygens (including phenoxy) is 1. The molecule has 0 saturated carbocycles. The molecule has 0 bridgehead atoms. The lowest BCUT2D eigenvalue weighted by atomic mass is 10.0. The molecule has 3 rings (SSSR count). The minimum absolute atomic E-state index is 0.0913. The number of amides is 1. The Hall–Kier alpha value is -3.08. The molecule has 0 saturated heterocycles. The number of benzene rings is 2. The average molecular weight is 392 g/mol. The minimum Gasteiger partial charge on any atom is -0.443 e. The van der Waals surface area contributed by atoms with Crippen LogP contribution in [0.25, 0.3) is 5.70 Å². The van der Waals surface area contributed by atoms with E-state index in [1.807, 2.05) is 94.4 Å². The van der Waals surface area contributed by atoms with Crippen LogP contribution in [0.5, 0.6) is 0 Å². The van der Waals surface area contributed by atoms with Crippen LogP contribution in [0.15, 0.2) is 60.7 Å². The predicted molar refractivity (Wildman–Crippen MR) is 116 cm³/mol. The molecule has 2 aromatic rings. The quantitative estimate of drug-likeness (QED) is 0.767. The highest BCUT2D eigenvalue weighted by Gasteiger charge is 2.40. The van der Waals surface area contributed by atoms with Crippen molar-refractivity contribution in [2.45, 2.75) is 38.8 Å². The largest absolute Gasteiger partial charge is 0.443 e. The fourth-order valence-corrected chi connectivity index (χ4v) is 3.31. The molecule has 0 fully saturated rings. The smallest absolute Gasteiger partial charge is 0.415 e. The number of carbonyl (C=O) groups excluding carboxylic acids is 2. The molecule has 1 amide bonds. The standard InChI is InChI=1S/C24H28N2O3/c1-24(2,3)29-23(28)26-20(18-11-13-19(14-12-18)25(4)5)16-22(27)21(26)15-17-9-7-6-8-10-17/h6-14,16,21H,15H2,1-5H3/t21-/m0/s1. The Kier molecular flexibility index (Phi) is 5.78. The van der Waals surface area contributed by atoms with Crippen molar-refractivity contribution in [2.75, 3.05) is 19.0 Å². The molecule has 0 aliphatic carbocycles. The SMILES string of the molecule is CN(C)c1ccc(C2=CC(=O)[C@H](Cc3ccccc3)N2C(=O)OC(C)(C)C)cc1. The maximum atomic E-state index is 13.1. The van der Waals surface area contributed by atoms with Gasteiger partial charge in [0.2, 0.25) is 0 Å². The van der Waals surface area contributed by atoms with Gasteiger partial charge in [-0.25, -0.2) is 4.79 Å². The summed E-state index contributed by atoms with van der Waals surface area (Å²) in [7, 11) is 3.94. The average Bonchev–Trinajstić information content (AvgIpc) is 2.98. The summed E-state index contributed by atoms with van der Waals surface area (Å²) < 4.78 is 5.64. The van der Waals surface area contributed by atoms with E-state index >= 15 is 0 Å². The molecular weight excluding hydrogens is 364 g/mol. The minimum atomic E-state index is -0.653. The molecule has 2 aromatic carbocycles. The summed E-state index contributed by atoms with van der Waals surface area (Å²) in [5.41, 5.74) is 2.78. The Morgan fingerprint density at radius 1 is 1.03 bits per heavy atom. The first-order valence-electron chi connectivity index (χ1n) is 9.75. The number of hydrogen-bond donors (Lipinski definition) is 0. The first kappa shape index (κ1) is 20.6. The van der Waals surface area contributed by atoms with Gasteiger partial charge in [0.25, 0.3) is 0 Å². The summed E-state index contributed by atoms with van der Waals surface area (Å²) in [4.78, 5) is 29.5. The van der Waals surface area contributed by atoms with E-state index in [1.54, 1.807) is 6.08 Å². The van der Waals surface area contributed by atoms with E-state index in [9.17, 15) is 9.59 Å².